The average molecular weight is 654 g/mol. The van der Waals surface area contributed by atoms with Gasteiger partial charge in [-0.2, -0.15) is 0 Å². The van der Waals surface area contributed by atoms with Crippen LogP contribution in [-0.2, 0) is 16.5 Å². The second kappa shape index (κ2) is 21.0. The van der Waals surface area contributed by atoms with Crippen molar-refractivity contribution >= 4 is 46.8 Å². The van der Waals surface area contributed by atoms with Gasteiger partial charge < -0.3 is 14.7 Å². The van der Waals surface area contributed by atoms with Crippen molar-refractivity contribution in [1.29, 1.82) is 0 Å². The number of hydrogen-bond donors (Lipinski definition) is 4. The van der Waals surface area contributed by atoms with Crippen LogP contribution in [0.3, 0.4) is 0 Å². The molecular weight excluding hydrogens is 601 g/mol. The number of nitrogens with zero attached hydrogens (tertiary/aromatic N) is 1. The van der Waals surface area contributed by atoms with Gasteiger partial charge in [0.2, 0.25) is 0 Å². The van der Waals surface area contributed by atoms with Gasteiger partial charge in [-0.1, -0.05) is 114 Å². The minimum absolute atomic E-state index is 0. The van der Waals surface area contributed by atoms with Gasteiger partial charge in [0.25, 0.3) is 0 Å². The Morgan fingerprint density at radius 3 is 1.12 bits per heavy atom. The molecule has 4 aromatic rings. The third-order valence-electron chi connectivity index (χ3n) is 7.70. The van der Waals surface area contributed by atoms with Crippen molar-refractivity contribution in [3.8, 4) is 11.5 Å². The summed E-state index contributed by atoms with van der Waals surface area (Å²) in [5.41, 5.74) is 0. The van der Waals surface area contributed by atoms with Crippen LogP contribution < -0.4 is 0 Å². The molecule has 0 amide bonds. The van der Waals surface area contributed by atoms with Gasteiger partial charge in [0.1, 0.15) is 11.5 Å². The molecule has 0 spiro atoms. The first kappa shape index (κ1) is 38.2. The van der Waals surface area contributed by atoms with Crippen molar-refractivity contribution in [2.45, 2.75) is 88.9 Å². The predicted octanol–water partition coefficient (Wildman–Crippen LogP) is 10.7. The molecule has 0 fully saturated rings. The summed E-state index contributed by atoms with van der Waals surface area (Å²) in [4.78, 5) is 1.24. The van der Waals surface area contributed by atoms with Crippen LogP contribution in [0.5, 0.6) is 11.5 Å². The van der Waals surface area contributed by atoms with E-state index in [1.807, 2.05) is 60.7 Å². The maximum atomic E-state index is 9.58. The van der Waals surface area contributed by atoms with Crippen LogP contribution in [0.15, 0.2) is 82.6 Å². The molecule has 234 valence electrons. The minimum atomic E-state index is 0. The molecular formula is C36H52NNiO2S2+. The molecule has 42 heavy (non-hydrogen) atoms. The predicted molar refractivity (Wildman–Crippen MR) is 185 cm³/mol. The molecule has 0 aliphatic rings. The monoisotopic (exact) mass is 652 g/mol. The molecule has 6 heteroatoms. The first-order valence-electron chi connectivity index (χ1n) is 15.5. The molecule has 0 radical (unpaired) electrons. The molecule has 0 aliphatic heterocycles. The second-order valence-electron chi connectivity index (χ2n) is 11.0. The summed E-state index contributed by atoms with van der Waals surface area (Å²) in [5, 5.41) is 22.9. The minimum Gasteiger partial charge on any atom is -0.506 e. The number of phenols is 2. The summed E-state index contributed by atoms with van der Waals surface area (Å²) in [6, 6.07) is 22.8. The fraction of sp³-hybridized carbons (Fsp3) is 0.444. The van der Waals surface area contributed by atoms with Crippen molar-refractivity contribution < 1.29 is 31.2 Å². The second-order valence-corrected chi connectivity index (χ2v) is 11.9. The van der Waals surface area contributed by atoms with E-state index in [-0.39, 0.29) is 28.0 Å². The molecule has 0 aromatic heterocycles. The van der Waals surface area contributed by atoms with E-state index in [0.29, 0.717) is 9.79 Å². The van der Waals surface area contributed by atoms with Gasteiger partial charge >= 0.3 is 0 Å². The molecule has 0 unspecified atom stereocenters. The average Bonchev–Trinajstić information content (AvgIpc) is 3.01. The maximum absolute atomic E-state index is 9.58. The molecule has 0 bridgehead atoms. The smallest absolute Gasteiger partial charge is 0.136 e. The first-order chi connectivity index (χ1) is 19.8. The fourth-order valence-corrected chi connectivity index (χ4v) is 5.52. The normalized spacial score (nSPS) is 10.8. The topological polar surface area (TPSA) is 40.5 Å². The van der Waals surface area contributed by atoms with E-state index in [1.165, 1.54) is 82.0 Å². The third-order valence-corrected chi connectivity index (χ3v) is 8.42. The van der Waals surface area contributed by atoms with Crippen LogP contribution in [0.25, 0.3) is 21.5 Å². The molecule has 4 rings (SSSR count). The Balaban J connectivity index is 0.000000316. The van der Waals surface area contributed by atoms with Crippen LogP contribution in [0.4, 0.5) is 0 Å². The molecule has 0 heterocycles. The van der Waals surface area contributed by atoms with Crippen molar-refractivity contribution in [2.24, 2.45) is 0 Å². The molecule has 4 aromatic carbocycles. The number of benzene rings is 4. The SMILES string of the molecule is CCCC[N+](CCCC)(CCCC)CCCC.Oc1c(S)ccc2ccccc12.Oc1c(S)ccc2ccccc12.[Ni]. The number of hydrogen-bond acceptors (Lipinski definition) is 4. The van der Waals surface area contributed by atoms with E-state index in [2.05, 4.69) is 53.0 Å². The van der Waals surface area contributed by atoms with E-state index in [0.717, 1.165) is 21.5 Å². The zero-order valence-electron chi connectivity index (χ0n) is 26.0. The Morgan fingerprint density at radius 2 is 0.810 bits per heavy atom. The zero-order valence-corrected chi connectivity index (χ0v) is 28.7. The number of fused-ring (bicyclic) bond motifs is 2. The summed E-state index contributed by atoms with van der Waals surface area (Å²) in [6.45, 7) is 15.0. The van der Waals surface area contributed by atoms with Crippen molar-refractivity contribution in [2.75, 3.05) is 26.2 Å². The van der Waals surface area contributed by atoms with E-state index in [9.17, 15) is 10.2 Å². The molecule has 0 atom stereocenters. The zero-order chi connectivity index (χ0) is 30.1. The maximum Gasteiger partial charge on any atom is 0.136 e. The van der Waals surface area contributed by atoms with Gasteiger partial charge in [0.15, 0.2) is 0 Å². The standard InChI is InChI=1S/C16H36N.2C10H8OS.Ni/c1-5-9-13-17(14-10-6-2,15-11-7-3)16-12-8-4;2*11-10-8-4-2-1-3-7(8)5-6-9(10)12;/h5-16H2,1-4H3;2*1-6,11-12H;/q+1;;;. The Morgan fingerprint density at radius 1 is 0.500 bits per heavy atom. The van der Waals surface area contributed by atoms with Gasteiger partial charge in [0, 0.05) is 37.1 Å². The summed E-state index contributed by atoms with van der Waals surface area (Å²) in [6.07, 6.45) is 11.1. The summed E-state index contributed by atoms with van der Waals surface area (Å²) in [7, 11) is 0. The fourth-order valence-electron chi connectivity index (χ4n) is 5.13. The van der Waals surface area contributed by atoms with E-state index in [4.69, 9.17) is 0 Å². The molecule has 0 aliphatic carbocycles. The van der Waals surface area contributed by atoms with Crippen LogP contribution in [0, 0.1) is 0 Å². The van der Waals surface area contributed by atoms with Gasteiger partial charge in [0.05, 0.1) is 26.2 Å². The number of unbranched alkanes of at least 4 members (excludes halogenated alkanes) is 4. The Bertz CT molecular complexity index is 1190. The van der Waals surface area contributed by atoms with E-state index in [1.54, 1.807) is 12.1 Å². The van der Waals surface area contributed by atoms with Gasteiger partial charge in [-0.15, -0.1) is 25.3 Å². The molecule has 3 nitrogen and oxygen atoms in total. The number of aromatic hydroxyl groups is 2. The quantitative estimate of drug-likeness (QED) is 0.0698. The summed E-state index contributed by atoms with van der Waals surface area (Å²) in [5.74, 6) is 0.521. The first-order valence-corrected chi connectivity index (χ1v) is 16.4. The van der Waals surface area contributed by atoms with E-state index >= 15 is 0 Å². The number of phenolic OH excluding ortho intramolecular Hbond substituents is 2. The van der Waals surface area contributed by atoms with Crippen LogP contribution >= 0.6 is 25.3 Å². The summed E-state index contributed by atoms with van der Waals surface area (Å²) < 4.78 is 1.42. The van der Waals surface area contributed by atoms with E-state index < -0.39 is 0 Å². The largest absolute Gasteiger partial charge is 0.506 e. The number of rotatable bonds is 12. The number of thiol groups is 2. The van der Waals surface area contributed by atoms with Crippen molar-refractivity contribution in [1.82, 2.24) is 0 Å². The van der Waals surface area contributed by atoms with Crippen molar-refractivity contribution in [3.63, 3.8) is 0 Å². The van der Waals surface area contributed by atoms with Gasteiger partial charge in [-0.25, -0.2) is 0 Å². The number of quaternary nitrogens is 1. The molecule has 2 N–H and O–H groups in total. The Kier molecular flexibility index (Phi) is 19.0. The van der Waals surface area contributed by atoms with Crippen LogP contribution in [-0.4, -0.2) is 40.9 Å². The van der Waals surface area contributed by atoms with Crippen LogP contribution in [0.2, 0.25) is 0 Å². The molecule has 0 saturated heterocycles. The summed E-state index contributed by atoms with van der Waals surface area (Å²) >= 11 is 8.25. The molecule has 0 saturated carbocycles. The van der Waals surface area contributed by atoms with Crippen molar-refractivity contribution in [3.05, 3.63) is 72.8 Å². The Hall–Kier alpha value is -1.85. The van der Waals surface area contributed by atoms with Crippen LogP contribution in [0.1, 0.15) is 79.1 Å². The third kappa shape index (κ3) is 12.0. The Labute approximate surface area is 276 Å². The van der Waals surface area contributed by atoms with Gasteiger partial charge in [-0.3, -0.25) is 0 Å². The van der Waals surface area contributed by atoms with Gasteiger partial charge in [-0.05, 0) is 48.6 Å².